The van der Waals surface area contributed by atoms with E-state index < -0.39 is 19.1 Å². The van der Waals surface area contributed by atoms with Crippen LogP contribution in [0.25, 0.3) is 11.4 Å². The number of hydrogen-bond donors (Lipinski definition) is 0. The van der Waals surface area contributed by atoms with Crippen LogP contribution in [0.1, 0.15) is 154 Å². The Hall–Kier alpha value is -2.19. The van der Waals surface area contributed by atoms with Crippen LogP contribution in [-0.4, -0.2) is 42.3 Å². The molecule has 268 valence electrons. The fourth-order valence-corrected chi connectivity index (χ4v) is 5.56. The molecule has 0 radical (unpaired) electrons. The predicted molar refractivity (Wildman–Crippen MR) is 187 cm³/mol. The summed E-state index contributed by atoms with van der Waals surface area (Å²) in [6.07, 6.45) is 21.6. The van der Waals surface area contributed by atoms with Crippen molar-refractivity contribution in [1.29, 1.82) is 0 Å². The number of nitrogens with zero attached hydrogens (tertiary/aromatic N) is 2. The molecule has 0 amide bonds. The molecule has 5 nitrogen and oxygen atoms in total. The molecule has 1 aromatic carbocycles. The van der Waals surface area contributed by atoms with Gasteiger partial charge in [-0.1, -0.05) is 110 Å². The molecule has 0 spiro atoms. The lowest BCUT2D eigenvalue weighted by molar-refractivity contribution is -0.307. The monoisotopic (exact) mass is 664 g/mol. The molecule has 0 aliphatic rings. The SMILES string of the molecule is CCCCCCCCCCCCC(F)OC(F)(F)COCCCCCOc1ccc(-c2ncc(CCCCCCCCC)cn2)cc1. The number of ether oxygens (including phenoxy) is 3. The minimum Gasteiger partial charge on any atom is -0.494 e. The van der Waals surface area contributed by atoms with Crippen LogP contribution in [0.2, 0.25) is 0 Å². The number of aryl methyl sites for hydroxylation is 1. The van der Waals surface area contributed by atoms with Gasteiger partial charge in [-0.05, 0) is 68.4 Å². The predicted octanol–water partition coefficient (Wildman–Crippen LogP) is 12.2. The minimum absolute atomic E-state index is 0.00487. The van der Waals surface area contributed by atoms with Crippen molar-refractivity contribution in [3.8, 4) is 17.1 Å². The van der Waals surface area contributed by atoms with Gasteiger partial charge in [-0.2, -0.15) is 8.78 Å². The minimum atomic E-state index is -3.62. The van der Waals surface area contributed by atoms with Crippen molar-refractivity contribution in [1.82, 2.24) is 9.97 Å². The highest BCUT2D eigenvalue weighted by atomic mass is 19.3. The molecular formula is C39H63F3N2O3. The van der Waals surface area contributed by atoms with E-state index in [1.807, 2.05) is 36.7 Å². The molecule has 0 saturated heterocycles. The summed E-state index contributed by atoms with van der Waals surface area (Å²) < 4.78 is 57.0. The maximum absolute atomic E-state index is 13.9. The van der Waals surface area contributed by atoms with E-state index in [9.17, 15) is 13.2 Å². The smallest absolute Gasteiger partial charge is 0.381 e. The Morgan fingerprint density at radius 3 is 1.74 bits per heavy atom. The van der Waals surface area contributed by atoms with Crippen molar-refractivity contribution in [2.24, 2.45) is 0 Å². The Bertz CT molecular complexity index is 992. The molecule has 47 heavy (non-hydrogen) atoms. The second kappa shape index (κ2) is 26.7. The summed E-state index contributed by atoms with van der Waals surface area (Å²) in [4.78, 5) is 9.10. The van der Waals surface area contributed by atoms with Crippen LogP contribution in [0.3, 0.4) is 0 Å². The summed E-state index contributed by atoms with van der Waals surface area (Å²) in [6.45, 7) is 4.21. The lowest BCUT2D eigenvalue weighted by Gasteiger charge is -2.19. The van der Waals surface area contributed by atoms with Crippen molar-refractivity contribution < 1.29 is 27.4 Å². The molecule has 1 heterocycles. The molecule has 2 rings (SSSR count). The lowest BCUT2D eigenvalue weighted by Crippen LogP contribution is -2.31. The number of hydrogen-bond acceptors (Lipinski definition) is 5. The van der Waals surface area contributed by atoms with Gasteiger partial charge in [-0.25, -0.2) is 14.4 Å². The van der Waals surface area contributed by atoms with E-state index in [4.69, 9.17) is 9.47 Å². The van der Waals surface area contributed by atoms with Gasteiger partial charge in [-0.15, -0.1) is 0 Å². The van der Waals surface area contributed by atoms with Gasteiger partial charge in [0.1, 0.15) is 12.4 Å². The molecule has 0 bridgehead atoms. The van der Waals surface area contributed by atoms with Gasteiger partial charge >= 0.3 is 6.11 Å². The van der Waals surface area contributed by atoms with Gasteiger partial charge < -0.3 is 9.47 Å². The standard InChI is InChI=1S/C39H63F3N2O3/c1-3-5-7-9-11-12-13-15-17-20-24-37(40)47-39(41,42)33-45-29-21-18-22-30-46-36-27-25-35(26-28-36)38-43-31-34(32-44-38)23-19-16-14-10-8-6-4-2/h25-28,31-32,37H,3-24,29-30,33H2,1-2H3. The Labute approximate surface area is 283 Å². The second-order valence-corrected chi connectivity index (χ2v) is 12.9. The maximum Gasteiger partial charge on any atom is 0.381 e. The number of aromatic nitrogens is 2. The number of alkyl halides is 3. The zero-order valence-corrected chi connectivity index (χ0v) is 29.5. The quantitative estimate of drug-likeness (QED) is 0.0751. The average molecular weight is 665 g/mol. The van der Waals surface area contributed by atoms with E-state index in [0.29, 0.717) is 25.3 Å². The molecule has 0 aliphatic heterocycles. The van der Waals surface area contributed by atoms with Crippen LogP contribution < -0.4 is 4.74 Å². The molecule has 2 aromatic rings. The summed E-state index contributed by atoms with van der Waals surface area (Å²) >= 11 is 0. The largest absolute Gasteiger partial charge is 0.494 e. The molecule has 0 fully saturated rings. The van der Waals surface area contributed by atoms with Crippen molar-refractivity contribution in [3.63, 3.8) is 0 Å². The van der Waals surface area contributed by atoms with Crippen LogP contribution in [-0.2, 0) is 15.9 Å². The van der Waals surface area contributed by atoms with E-state index in [1.165, 1.54) is 89.0 Å². The van der Waals surface area contributed by atoms with Crippen LogP contribution >= 0.6 is 0 Å². The van der Waals surface area contributed by atoms with E-state index in [1.54, 1.807) is 0 Å². The first-order chi connectivity index (χ1) is 22.9. The van der Waals surface area contributed by atoms with E-state index >= 15 is 0 Å². The molecule has 1 aromatic heterocycles. The first-order valence-corrected chi connectivity index (χ1v) is 18.7. The fraction of sp³-hybridized carbons (Fsp3) is 0.744. The average Bonchev–Trinajstić information content (AvgIpc) is 3.06. The van der Waals surface area contributed by atoms with Gasteiger partial charge in [-0.3, -0.25) is 4.74 Å². The van der Waals surface area contributed by atoms with Gasteiger partial charge in [0.05, 0.1) is 6.61 Å². The lowest BCUT2D eigenvalue weighted by atomic mass is 10.1. The van der Waals surface area contributed by atoms with Crippen molar-refractivity contribution in [2.45, 2.75) is 168 Å². The molecule has 1 unspecified atom stereocenters. The van der Waals surface area contributed by atoms with Crippen molar-refractivity contribution in [3.05, 3.63) is 42.2 Å². The zero-order chi connectivity index (χ0) is 33.8. The summed E-state index contributed by atoms with van der Waals surface area (Å²) in [5.74, 6) is 1.46. The number of unbranched alkanes of at least 4 members (excludes halogenated alkanes) is 17. The Morgan fingerprint density at radius 2 is 1.15 bits per heavy atom. The normalized spacial score (nSPS) is 12.4. The number of rotatable bonds is 31. The third kappa shape index (κ3) is 21.4. The third-order valence-electron chi connectivity index (χ3n) is 8.44. The molecule has 0 saturated carbocycles. The summed E-state index contributed by atoms with van der Waals surface area (Å²) in [7, 11) is 0. The first-order valence-electron chi connectivity index (χ1n) is 18.7. The van der Waals surface area contributed by atoms with Crippen LogP contribution in [0, 0.1) is 0 Å². The summed E-state index contributed by atoms with van der Waals surface area (Å²) in [6, 6.07) is 7.72. The zero-order valence-electron chi connectivity index (χ0n) is 29.5. The van der Waals surface area contributed by atoms with Crippen LogP contribution in [0.15, 0.2) is 36.7 Å². The van der Waals surface area contributed by atoms with Gasteiger partial charge in [0.25, 0.3) is 0 Å². The molecule has 0 N–H and O–H groups in total. The van der Waals surface area contributed by atoms with E-state index in [2.05, 4.69) is 28.6 Å². The van der Waals surface area contributed by atoms with E-state index in [0.717, 1.165) is 49.8 Å². The number of benzene rings is 1. The molecule has 8 heteroatoms. The topological polar surface area (TPSA) is 53.5 Å². The second-order valence-electron chi connectivity index (χ2n) is 12.9. The fourth-order valence-electron chi connectivity index (χ4n) is 5.56. The first kappa shape index (κ1) is 41.0. The Kier molecular flexibility index (Phi) is 23.3. The molecular weight excluding hydrogens is 601 g/mol. The summed E-state index contributed by atoms with van der Waals surface area (Å²) in [5.41, 5.74) is 2.12. The van der Waals surface area contributed by atoms with E-state index in [-0.39, 0.29) is 13.0 Å². The van der Waals surface area contributed by atoms with Crippen molar-refractivity contribution >= 4 is 0 Å². The highest BCUT2D eigenvalue weighted by Gasteiger charge is 2.34. The van der Waals surface area contributed by atoms with Crippen molar-refractivity contribution in [2.75, 3.05) is 19.8 Å². The van der Waals surface area contributed by atoms with Crippen LogP contribution in [0.4, 0.5) is 13.2 Å². The highest BCUT2D eigenvalue weighted by molar-refractivity contribution is 5.55. The van der Waals surface area contributed by atoms with Gasteiger partial charge in [0.15, 0.2) is 5.82 Å². The molecule has 0 aliphatic carbocycles. The Morgan fingerprint density at radius 1 is 0.638 bits per heavy atom. The third-order valence-corrected chi connectivity index (χ3v) is 8.44. The maximum atomic E-state index is 13.9. The Balaban J connectivity index is 1.47. The van der Waals surface area contributed by atoms with Crippen LogP contribution in [0.5, 0.6) is 5.75 Å². The van der Waals surface area contributed by atoms with Gasteiger partial charge in [0.2, 0.25) is 6.36 Å². The molecule has 1 atom stereocenters. The van der Waals surface area contributed by atoms with Gasteiger partial charge in [0, 0.05) is 31.0 Å². The number of halogens is 3. The highest BCUT2D eigenvalue weighted by Crippen LogP contribution is 2.23. The summed E-state index contributed by atoms with van der Waals surface area (Å²) in [5, 5.41) is 0.